The zero-order valence-electron chi connectivity index (χ0n) is 6.37. The number of hydrogen-bond acceptors (Lipinski definition) is 4. The van der Waals surface area contributed by atoms with E-state index in [9.17, 15) is 9.59 Å². The van der Waals surface area contributed by atoms with Gasteiger partial charge in [0.05, 0.1) is 13.2 Å². The molecule has 0 aromatic rings. The summed E-state index contributed by atoms with van der Waals surface area (Å²) >= 11 is 0. The van der Waals surface area contributed by atoms with Gasteiger partial charge in [-0.3, -0.25) is 9.59 Å². The van der Waals surface area contributed by atoms with Crippen LogP contribution in [0, 0.1) is 0 Å². The highest BCUT2D eigenvalue weighted by molar-refractivity contribution is 5.80. The minimum absolute atomic E-state index is 0.126. The van der Waals surface area contributed by atoms with Gasteiger partial charge in [-0.2, -0.15) is 0 Å². The molecule has 1 amide bonds. The van der Waals surface area contributed by atoms with Crippen LogP contribution in [0.2, 0.25) is 0 Å². The van der Waals surface area contributed by atoms with Crippen molar-refractivity contribution in [1.29, 1.82) is 0 Å². The van der Waals surface area contributed by atoms with Crippen molar-refractivity contribution in [1.82, 2.24) is 0 Å². The minimum atomic E-state index is -0.755. The molecule has 0 aliphatic rings. The molecule has 1 atom stereocenters. The zero-order chi connectivity index (χ0) is 8.85. The first-order chi connectivity index (χ1) is 5.07. The van der Waals surface area contributed by atoms with Crippen molar-refractivity contribution < 1.29 is 14.3 Å². The predicted molar refractivity (Wildman–Crippen MR) is 38.4 cm³/mol. The van der Waals surface area contributed by atoms with E-state index in [-0.39, 0.29) is 18.8 Å². The van der Waals surface area contributed by atoms with Crippen molar-refractivity contribution in [3.8, 4) is 0 Å². The summed E-state index contributed by atoms with van der Waals surface area (Å²) < 4.78 is 4.33. The molecule has 0 aliphatic heterocycles. The smallest absolute Gasteiger partial charge is 0.305 e. The summed E-state index contributed by atoms with van der Waals surface area (Å²) in [6.45, 7) is 0. The largest absolute Gasteiger partial charge is 0.469 e. The lowest BCUT2D eigenvalue weighted by atomic mass is 10.1. The summed E-state index contributed by atoms with van der Waals surface area (Å²) in [5.41, 5.74) is 10.1. The average molecular weight is 160 g/mol. The van der Waals surface area contributed by atoms with Crippen LogP contribution >= 0.6 is 0 Å². The van der Waals surface area contributed by atoms with Gasteiger partial charge in [0.15, 0.2) is 0 Å². The number of ether oxygens (including phenoxy) is 1. The quantitative estimate of drug-likeness (QED) is 0.502. The lowest BCUT2D eigenvalue weighted by Gasteiger charge is -2.04. The van der Waals surface area contributed by atoms with E-state index in [4.69, 9.17) is 11.5 Å². The molecule has 0 rings (SSSR count). The van der Waals surface area contributed by atoms with Crippen LogP contribution in [0.3, 0.4) is 0 Å². The van der Waals surface area contributed by atoms with Crippen molar-refractivity contribution in [3.05, 3.63) is 0 Å². The fraction of sp³-hybridized carbons (Fsp3) is 0.667. The summed E-state index contributed by atoms with van der Waals surface area (Å²) in [5, 5.41) is 0. The number of primary amides is 1. The molecule has 0 aromatic heterocycles. The number of carbonyl (C=O) groups excluding carboxylic acids is 2. The van der Waals surface area contributed by atoms with Crippen molar-refractivity contribution in [2.75, 3.05) is 7.11 Å². The Morgan fingerprint density at radius 3 is 2.45 bits per heavy atom. The van der Waals surface area contributed by atoms with Crippen molar-refractivity contribution in [2.45, 2.75) is 18.9 Å². The molecule has 0 fully saturated rings. The third kappa shape index (κ3) is 4.32. The molecule has 0 unspecified atom stereocenters. The number of amides is 1. The van der Waals surface area contributed by atoms with Gasteiger partial charge in [-0.1, -0.05) is 0 Å². The number of rotatable bonds is 4. The van der Waals surface area contributed by atoms with E-state index in [1.165, 1.54) is 7.11 Å². The standard InChI is InChI=1S/C6H12N2O3/c1-11-5(9)3-2-4(7)6(8)10/h4H,2-3,7H2,1H3,(H2,8,10)/t4-/m0/s1. The summed E-state index contributed by atoms with van der Waals surface area (Å²) in [4.78, 5) is 20.9. The van der Waals surface area contributed by atoms with Crippen molar-refractivity contribution in [3.63, 3.8) is 0 Å². The fourth-order valence-corrected chi connectivity index (χ4v) is 0.518. The van der Waals surface area contributed by atoms with Gasteiger partial charge in [0.1, 0.15) is 0 Å². The number of hydrogen-bond donors (Lipinski definition) is 2. The second-order valence-corrected chi connectivity index (χ2v) is 2.12. The Morgan fingerprint density at radius 1 is 1.55 bits per heavy atom. The lowest BCUT2D eigenvalue weighted by Crippen LogP contribution is -2.36. The van der Waals surface area contributed by atoms with E-state index in [0.717, 1.165) is 0 Å². The van der Waals surface area contributed by atoms with Gasteiger partial charge in [-0.05, 0) is 6.42 Å². The minimum Gasteiger partial charge on any atom is -0.469 e. The van der Waals surface area contributed by atoms with Gasteiger partial charge in [0.2, 0.25) is 5.91 Å². The van der Waals surface area contributed by atoms with E-state index in [1.807, 2.05) is 0 Å². The Kier molecular flexibility index (Phi) is 4.21. The highest BCUT2D eigenvalue weighted by Gasteiger charge is 2.11. The van der Waals surface area contributed by atoms with Crippen molar-refractivity contribution in [2.24, 2.45) is 11.5 Å². The van der Waals surface area contributed by atoms with E-state index >= 15 is 0 Å². The van der Waals surface area contributed by atoms with Crippen LogP contribution in [0.15, 0.2) is 0 Å². The van der Waals surface area contributed by atoms with Crippen LogP contribution in [0.1, 0.15) is 12.8 Å². The molecule has 4 N–H and O–H groups in total. The Balaban J connectivity index is 3.54. The van der Waals surface area contributed by atoms with E-state index in [1.54, 1.807) is 0 Å². The molecule has 0 saturated heterocycles. The van der Waals surface area contributed by atoms with E-state index < -0.39 is 11.9 Å². The summed E-state index contributed by atoms with van der Waals surface area (Å²) in [7, 11) is 1.28. The van der Waals surface area contributed by atoms with Crippen LogP contribution in [-0.4, -0.2) is 25.0 Å². The van der Waals surface area contributed by atoms with Gasteiger partial charge in [0.25, 0.3) is 0 Å². The average Bonchev–Trinajstić information content (AvgIpc) is 1.99. The molecule has 0 bridgehead atoms. The Hall–Kier alpha value is -1.10. The van der Waals surface area contributed by atoms with Crippen LogP contribution in [0.5, 0.6) is 0 Å². The fourth-order valence-electron chi connectivity index (χ4n) is 0.518. The molecule has 0 aliphatic carbocycles. The molecule has 64 valence electrons. The monoisotopic (exact) mass is 160 g/mol. The summed E-state index contributed by atoms with van der Waals surface area (Å²) in [6, 6.07) is -0.755. The van der Waals surface area contributed by atoms with Gasteiger partial charge in [-0.25, -0.2) is 0 Å². The molecular weight excluding hydrogens is 148 g/mol. The predicted octanol–water partition coefficient (Wildman–Crippen LogP) is -1.25. The summed E-state index contributed by atoms with van der Waals surface area (Å²) in [5.74, 6) is -0.990. The Labute approximate surface area is 64.7 Å². The number of nitrogens with two attached hydrogens (primary N) is 2. The molecule has 0 spiro atoms. The highest BCUT2D eigenvalue weighted by atomic mass is 16.5. The SMILES string of the molecule is COC(=O)CC[C@H](N)C(N)=O. The van der Waals surface area contributed by atoms with Crippen molar-refractivity contribution >= 4 is 11.9 Å². The number of methoxy groups -OCH3 is 1. The molecule has 0 saturated carbocycles. The van der Waals surface area contributed by atoms with Crippen LogP contribution in [0.4, 0.5) is 0 Å². The van der Waals surface area contributed by atoms with Crippen LogP contribution < -0.4 is 11.5 Å². The van der Waals surface area contributed by atoms with Crippen LogP contribution in [0.25, 0.3) is 0 Å². The van der Waals surface area contributed by atoms with E-state index in [0.29, 0.717) is 0 Å². The highest BCUT2D eigenvalue weighted by Crippen LogP contribution is 1.94. The van der Waals surface area contributed by atoms with Gasteiger partial charge in [-0.15, -0.1) is 0 Å². The Bertz CT molecular complexity index is 158. The maximum absolute atomic E-state index is 10.5. The first-order valence-electron chi connectivity index (χ1n) is 3.19. The zero-order valence-corrected chi connectivity index (χ0v) is 6.37. The Morgan fingerprint density at radius 2 is 2.09 bits per heavy atom. The van der Waals surface area contributed by atoms with Gasteiger partial charge in [0, 0.05) is 6.42 Å². The summed E-state index contributed by atoms with van der Waals surface area (Å²) in [6.07, 6.45) is 0.364. The molecule has 0 heterocycles. The molecule has 5 nitrogen and oxygen atoms in total. The first kappa shape index (κ1) is 9.90. The topological polar surface area (TPSA) is 95.4 Å². The van der Waals surface area contributed by atoms with Gasteiger partial charge >= 0.3 is 5.97 Å². The second kappa shape index (κ2) is 4.68. The molecule has 5 heteroatoms. The second-order valence-electron chi connectivity index (χ2n) is 2.12. The lowest BCUT2D eigenvalue weighted by molar-refractivity contribution is -0.140. The van der Waals surface area contributed by atoms with E-state index in [2.05, 4.69) is 4.74 Å². The van der Waals surface area contributed by atoms with Gasteiger partial charge < -0.3 is 16.2 Å². The third-order valence-corrected chi connectivity index (χ3v) is 1.25. The number of carbonyl (C=O) groups is 2. The number of esters is 1. The van der Waals surface area contributed by atoms with Crippen LogP contribution in [-0.2, 0) is 14.3 Å². The first-order valence-corrected chi connectivity index (χ1v) is 3.19. The molecule has 0 aromatic carbocycles. The maximum Gasteiger partial charge on any atom is 0.305 e. The maximum atomic E-state index is 10.5. The molecular formula is C6H12N2O3. The normalized spacial score (nSPS) is 12.2. The molecule has 0 radical (unpaired) electrons. The molecule has 11 heavy (non-hydrogen) atoms. The third-order valence-electron chi connectivity index (χ3n) is 1.25.